The lowest BCUT2D eigenvalue weighted by Crippen LogP contribution is -2.34. The third-order valence-electron chi connectivity index (χ3n) is 4.67. The Balaban J connectivity index is 2.85. The molecule has 0 bridgehead atoms. The Kier molecular flexibility index (Phi) is 9.23. The zero-order valence-corrected chi connectivity index (χ0v) is 20.6. The van der Waals surface area contributed by atoms with Crippen LogP contribution in [0.2, 0.25) is 0 Å². The highest BCUT2D eigenvalue weighted by Crippen LogP contribution is 2.29. The number of carbonyl (C=O) groups excluding carboxylic acids is 1. The van der Waals surface area contributed by atoms with E-state index < -0.39 is 0 Å². The summed E-state index contributed by atoms with van der Waals surface area (Å²) in [5, 5.41) is 23.1. The smallest absolute Gasteiger partial charge is 0.225 e. The average Bonchev–Trinajstić information content (AvgIpc) is 2.84. The fourth-order valence-electron chi connectivity index (χ4n) is 2.95. The molecule has 0 aliphatic rings. The number of nitrogens with two attached hydrogens (primary N) is 7. The van der Waals surface area contributed by atoms with Crippen LogP contribution in [0.1, 0.15) is 42.3 Å². The number of guanidine groups is 4. The van der Waals surface area contributed by atoms with Gasteiger partial charge in [-0.3, -0.25) is 9.69 Å². The van der Waals surface area contributed by atoms with Crippen LogP contribution in [0.4, 0.5) is 11.4 Å². The summed E-state index contributed by atoms with van der Waals surface area (Å²) in [5.74, 6) is -0.874. The lowest BCUT2D eigenvalue weighted by Gasteiger charge is -2.25. The van der Waals surface area contributed by atoms with Crippen molar-refractivity contribution in [3.8, 4) is 0 Å². The molecule has 0 radical (unpaired) electrons. The molecule has 37 heavy (non-hydrogen) atoms. The maximum atomic E-state index is 11.8. The number of rotatable bonds is 8. The number of ketones is 1. The Morgan fingerprint density at radius 1 is 0.568 bits per heavy atom. The second-order valence-corrected chi connectivity index (χ2v) is 7.61. The normalized spacial score (nSPS) is 11.9. The zero-order valence-electron chi connectivity index (χ0n) is 20.6. The van der Waals surface area contributed by atoms with Crippen LogP contribution in [-0.2, 0) is 0 Å². The average molecular weight is 507 g/mol. The van der Waals surface area contributed by atoms with Crippen LogP contribution in [0.5, 0.6) is 0 Å². The van der Waals surface area contributed by atoms with Crippen LogP contribution in [0.15, 0.2) is 73.1 Å². The van der Waals surface area contributed by atoms with Gasteiger partial charge in [-0.15, -0.1) is 20.4 Å². The molecule has 0 aliphatic heterocycles. The molecule has 14 N–H and O–H groups in total. The van der Waals surface area contributed by atoms with Gasteiger partial charge in [0.1, 0.15) is 0 Å². The maximum Gasteiger partial charge on any atom is 0.225 e. The molecule has 2 aromatic carbocycles. The van der Waals surface area contributed by atoms with E-state index in [1.54, 1.807) is 61.2 Å². The van der Waals surface area contributed by atoms with Crippen LogP contribution >= 0.6 is 0 Å². The molecule has 0 saturated carbocycles. The molecule has 0 saturated heterocycles. The highest BCUT2D eigenvalue weighted by molar-refractivity contribution is 6.08. The van der Waals surface area contributed by atoms with Crippen LogP contribution in [0, 0.1) is 0 Å². The molecule has 0 aliphatic carbocycles. The molecule has 15 nitrogen and oxygen atoms in total. The number of Topliss-reactive ketones (excluding diaryl/α,β-unsaturated/α-hetero) is 1. The van der Waals surface area contributed by atoms with E-state index in [2.05, 4.69) is 30.6 Å². The van der Waals surface area contributed by atoms with E-state index >= 15 is 0 Å². The van der Waals surface area contributed by atoms with Gasteiger partial charge in [0.25, 0.3) is 0 Å². The SMILES string of the molecule is CC(=O)c1ccc(N(C(N)=NN=C(N)N)c2cc(C(C)=NN=C(N)N)cc(C(C)=NN=C(N)N)c2)cc1. The first-order chi connectivity index (χ1) is 17.4. The lowest BCUT2D eigenvalue weighted by molar-refractivity contribution is 0.101. The number of benzene rings is 2. The van der Waals surface area contributed by atoms with Crippen LogP contribution in [-0.4, -0.2) is 41.0 Å². The molecule has 0 atom stereocenters. The molecule has 194 valence electrons. The summed E-state index contributed by atoms with van der Waals surface area (Å²) in [6.07, 6.45) is 0. The van der Waals surface area contributed by atoms with E-state index in [4.69, 9.17) is 40.1 Å². The summed E-state index contributed by atoms with van der Waals surface area (Å²) in [6, 6.07) is 12.0. The fraction of sp³-hybridized carbons (Fsp3) is 0.136. The zero-order chi connectivity index (χ0) is 27.7. The van der Waals surface area contributed by atoms with Gasteiger partial charge < -0.3 is 40.1 Å². The molecule has 0 amide bonds. The molecule has 2 aromatic rings. The Morgan fingerprint density at radius 3 is 1.41 bits per heavy atom. The maximum absolute atomic E-state index is 11.8. The van der Waals surface area contributed by atoms with Gasteiger partial charge >= 0.3 is 0 Å². The minimum absolute atomic E-state index is 0.0790. The number of hydrogen-bond acceptors (Lipinski definition) is 7. The second kappa shape index (κ2) is 12.3. The van der Waals surface area contributed by atoms with Gasteiger partial charge in [-0.25, -0.2) is 0 Å². The molecular weight excluding hydrogens is 476 g/mol. The Bertz CT molecular complexity index is 1270. The first-order valence-electron chi connectivity index (χ1n) is 10.6. The molecule has 2 rings (SSSR count). The topological polar surface area (TPSA) is 277 Å². The van der Waals surface area contributed by atoms with Crippen molar-refractivity contribution in [3.63, 3.8) is 0 Å². The third kappa shape index (κ3) is 8.06. The van der Waals surface area contributed by atoms with Crippen molar-refractivity contribution >= 4 is 52.4 Å². The summed E-state index contributed by atoms with van der Waals surface area (Å²) in [7, 11) is 0. The van der Waals surface area contributed by atoms with Crippen molar-refractivity contribution in [3.05, 3.63) is 59.2 Å². The first kappa shape index (κ1) is 27.8. The molecule has 15 heteroatoms. The van der Waals surface area contributed by atoms with Crippen molar-refractivity contribution in [1.29, 1.82) is 0 Å². The van der Waals surface area contributed by atoms with E-state index in [0.29, 0.717) is 39.5 Å². The van der Waals surface area contributed by atoms with Gasteiger partial charge in [-0.1, -0.05) is 0 Å². The van der Waals surface area contributed by atoms with Crippen molar-refractivity contribution in [2.75, 3.05) is 4.90 Å². The van der Waals surface area contributed by atoms with E-state index in [-0.39, 0.29) is 29.6 Å². The van der Waals surface area contributed by atoms with Crippen LogP contribution in [0.3, 0.4) is 0 Å². The quantitative estimate of drug-likeness (QED) is 0.105. The summed E-state index contributed by atoms with van der Waals surface area (Å²) in [4.78, 5) is 13.3. The van der Waals surface area contributed by atoms with Gasteiger partial charge in [-0.05, 0) is 63.2 Å². The fourth-order valence-corrected chi connectivity index (χ4v) is 2.95. The molecule has 0 fully saturated rings. The molecule has 0 aromatic heterocycles. The highest BCUT2D eigenvalue weighted by Gasteiger charge is 2.18. The number of hydrogen-bond donors (Lipinski definition) is 7. The van der Waals surface area contributed by atoms with Crippen molar-refractivity contribution in [2.24, 2.45) is 70.7 Å². The number of nitrogens with zero attached hydrogens (tertiary/aromatic N) is 7. The van der Waals surface area contributed by atoms with Crippen molar-refractivity contribution < 1.29 is 4.79 Å². The van der Waals surface area contributed by atoms with Crippen molar-refractivity contribution in [2.45, 2.75) is 20.8 Å². The number of anilines is 2. The Morgan fingerprint density at radius 2 is 1.00 bits per heavy atom. The Hall–Kier alpha value is -5.47. The summed E-state index contributed by atoms with van der Waals surface area (Å²) >= 11 is 0. The molecule has 0 heterocycles. The number of carbonyl (C=O) groups is 1. The minimum atomic E-state index is -0.287. The Labute approximate surface area is 213 Å². The third-order valence-corrected chi connectivity index (χ3v) is 4.67. The van der Waals surface area contributed by atoms with E-state index in [0.717, 1.165) is 0 Å². The van der Waals surface area contributed by atoms with E-state index in [1.165, 1.54) is 6.92 Å². The first-order valence-corrected chi connectivity index (χ1v) is 10.6. The van der Waals surface area contributed by atoms with Gasteiger partial charge in [0.05, 0.1) is 17.1 Å². The summed E-state index contributed by atoms with van der Waals surface area (Å²) < 4.78 is 0. The summed E-state index contributed by atoms with van der Waals surface area (Å²) in [6.45, 7) is 4.88. The van der Waals surface area contributed by atoms with Gasteiger partial charge in [0.15, 0.2) is 5.78 Å². The lowest BCUT2D eigenvalue weighted by atomic mass is 10.0. The van der Waals surface area contributed by atoms with Gasteiger partial charge in [0.2, 0.25) is 23.8 Å². The van der Waals surface area contributed by atoms with E-state index in [9.17, 15) is 4.79 Å². The monoisotopic (exact) mass is 506 g/mol. The predicted molar refractivity (Wildman–Crippen MR) is 149 cm³/mol. The standard InChI is InChI=1S/C22H30N14O/c1-11(30-32-19(23)24)15-8-16(12(2)31-33-20(25)26)10-18(9-15)36(22(29)35-34-21(27)28)17-6-4-14(5-7-17)13(3)37/h4-10H,1-3H3,(H2,29,35)(H4,23,24,32)(H4,25,26,33)(H4,27,28,34). The largest absolute Gasteiger partial charge is 0.369 e. The van der Waals surface area contributed by atoms with Gasteiger partial charge in [-0.2, -0.15) is 10.2 Å². The highest BCUT2D eigenvalue weighted by atomic mass is 16.1. The van der Waals surface area contributed by atoms with Crippen molar-refractivity contribution in [1.82, 2.24) is 0 Å². The van der Waals surface area contributed by atoms with E-state index in [1.807, 2.05) is 0 Å². The predicted octanol–water partition coefficient (Wildman–Crippen LogP) is -0.475. The molecule has 0 unspecified atom stereocenters. The second-order valence-electron chi connectivity index (χ2n) is 7.61. The van der Waals surface area contributed by atoms with Crippen LogP contribution in [0.25, 0.3) is 0 Å². The minimum Gasteiger partial charge on any atom is -0.369 e. The van der Waals surface area contributed by atoms with Crippen LogP contribution < -0.4 is 45.0 Å². The molecule has 0 spiro atoms. The summed E-state index contributed by atoms with van der Waals surface area (Å²) in [5.41, 5.74) is 42.5. The molecular formula is C22H30N14O. The van der Waals surface area contributed by atoms with Gasteiger partial charge in [0, 0.05) is 22.4 Å².